The fourth-order valence-electron chi connectivity index (χ4n) is 2.04. The first-order chi connectivity index (χ1) is 11.3. The molecule has 0 aliphatic rings. The van der Waals surface area contributed by atoms with E-state index in [4.69, 9.17) is 23.2 Å². The number of hydrogen-bond donors (Lipinski definition) is 2. The van der Waals surface area contributed by atoms with Gasteiger partial charge in [0, 0.05) is 16.0 Å². The van der Waals surface area contributed by atoms with Crippen LogP contribution in [0.4, 0.5) is 0 Å². The van der Waals surface area contributed by atoms with E-state index in [0.717, 1.165) is 11.4 Å². The third kappa shape index (κ3) is 4.88. The molecule has 0 radical (unpaired) electrons. The average molecular weight is 387 g/mol. The highest BCUT2D eigenvalue weighted by Crippen LogP contribution is 2.27. The monoisotopic (exact) mass is 386 g/mol. The molecular formula is C16H20Cl2N4OS. The Bertz CT molecular complexity index is 720. The molecule has 0 fully saturated rings. The maximum atomic E-state index is 12.4. The van der Waals surface area contributed by atoms with Crippen LogP contribution in [0.25, 0.3) is 0 Å². The van der Waals surface area contributed by atoms with Gasteiger partial charge in [0.2, 0.25) is 11.1 Å². The van der Waals surface area contributed by atoms with E-state index in [-0.39, 0.29) is 23.1 Å². The number of benzene rings is 1. The van der Waals surface area contributed by atoms with Crippen LogP contribution >= 0.6 is 35.0 Å². The number of thioether (sulfide) groups is 1. The zero-order chi connectivity index (χ0) is 17.9. The summed E-state index contributed by atoms with van der Waals surface area (Å²) in [6.07, 6.45) is 0. The number of nitrogens with zero attached hydrogens (tertiary/aromatic N) is 2. The lowest BCUT2D eigenvalue weighted by molar-refractivity contribution is -0.120. The molecule has 2 atom stereocenters. The number of carbonyl (C=O) groups excluding carboxylic acids is 1. The first-order valence-corrected chi connectivity index (χ1v) is 9.25. The highest BCUT2D eigenvalue weighted by atomic mass is 35.5. The van der Waals surface area contributed by atoms with Gasteiger partial charge in [0.1, 0.15) is 5.82 Å². The molecule has 0 unspecified atom stereocenters. The van der Waals surface area contributed by atoms with Gasteiger partial charge in [-0.15, -0.1) is 5.10 Å². The number of aromatic nitrogens is 3. The number of halogens is 2. The second-order valence-electron chi connectivity index (χ2n) is 5.81. The van der Waals surface area contributed by atoms with E-state index in [1.54, 1.807) is 12.1 Å². The van der Waals surface area contributed by atoms with Gasteiger partial charge in [-0.3, -0.25) is 9.89 Å². The first kappa shape index (κ1) is 19.1. The second-order valence-corrected chi connectivity index (χ2v) is 7.97. The molecule has 0 saturated carbocycles. The van der Waals surface area contributed by atoms with E-state index in [1.807, 2.05) is 33.8 Å². The number of amides is 1. The van der Waals surface area contributed by atoms with Gasteiger partial charge >= 0.3 is 0 Å². The number of aromatic amines is 1. The van der Waals surface area contributed by atoms with Crippen molar-refractivity contribution in [1.82, 2.24) is 20.5 Å². The van der Waals surface area contributed by atoms with Gasteiger partial charge in [0.05, 0.1) is 11.3 Å². The number of carbonyl (C=O) groups is 1. The highest BCUT2D eigenvalue weighted by molar-refractivity contribution is 8.00. The van der Waals surface area contributed by atoms with Crippen molar-refractivity contribution < 1.29 is 4.79 Å². The summed E-state index contributed by atoms with van der Waals surface area (Å²) in [5, 5.41) is 11.3. The quantitative estimate of drug-likeness (QED) is 0.711. The van der Waals surface area contributed by atoms with Crippen LogP contribution in [0.15, 0.2) is 23.4 Å². The topological polar surface area (TPSA) is 70.7 Å². The predicted octanol–water partition coefficient (Wildman–Crippen LogP) is 4.59. The second kappa shape index (κ2) is 8.23. The Labute approximate surface area is 155 Å². The van der Waals surface area contributed by atoms with E-state index < -0.39 is 0 Å². The van der Waals surface area contributed by atoms with Crippen LogP contribution in [0.2, 0.25) is 10.0 Å². The van der Waals surface area contributed by atoms with Gasteiger partial charge < -0.3 is 5.32 Å². The lowest BCUT2D eigenvalue weighted by atomic mass is 10.1. The molecule has 0 bridgehead atoms. The van der Waals surface area contributed by atoms with Crippen molar-refractivity contribution in [3.63, 3.8) is 0 Å². The fraction of sp³-hybridized carbons (Fsp3) is 0.438. The van der Waals surface area contributed by atoms with Gasteiger partial charge in [-0.25, -0.2) is 4.98 Å². The van der Waals surface area contributed by atoms with E-state index in [1.165, 1.54) is 11.8 Å². The number of H-pyrrole nitrogens is 1. The largest absolute Gasteiger partial charge is 0.349 e. The van der Waals surface area contributed by atoms with E-state index >= 15 is 0 Å². The maximum Gasteiger partial charge on any atom is 0.233 e. The molecule has 1 heterocycles. The van der Waals surface area contributed by atoms with Crippen molar-refractivity contribution in [3.05, 3.63) is 39.6 Å². The van der Waals surface area contributed by atoms with E-state index in [0.29, 0.717) is 15.2 Å². The Balaban J connectivity index is 1.97. The summed E-state index contributed by atoms with van der Waals surface area (Å²) < 4.78 is 0. The number of rotatable bonds is 6. The van der Waals surface area contributed by atoms with Gasteiger partial charge in [0.25, 0.3) is 0 Å². The van der Waals surface area contributed by atoms with Gasteiger partial charge in [-0.1, -0.05) is 54.9 Å². The SMILES string of the molecule is CC(C)c1nc(S[C@@H](C)C(=O)N[C@H](C)c2ccc(Cl)cc2Cl)n[nH]1. The third-order valence-corrected chi connectivity index (χ3v) is 4.99. The van der Waals surface area contributed by atoms with Crippen LogP contribution in [0.5, 0.6) is 0 Å². The van der Waals surface area contributed by atoms with E-state index in [9.17, 15) is 4.79 Å². The van der Waals surface area contributed by atoms with Crippen molar-refractivity contribution >= 4 is 40.9 Å². The number of nitrogens with one attached hydrogen (secondary N) is 2. The lowest BCUT2D eigenvalue weighted by Gasteiger charge is -2.18. The van der Waals surface area contributed by atoms with Crippen LogP contribution in [0.1, 0.15) is 51.0 Å². The van der Waals surface area contributed by atoms with Crippen molar-refractivity contribution in [3.8, 4) is 0 Å². The summed E-state index contributed by atoms with van der Waals surface area (Å²) in [5.74, 6) is 0.976. The lowest BCUT2D eigenvalue weighted by Crippen LogP contribution is -2.33. The van der Waals surface area contributed by atoms with E-state index in [2.05, 4.69) is 20.5 Å². The molecule has 24 heavy (non-hydrogen) atoms. The van der Waals surface area contributed by atoms with Crippen LogP contribution in [0, 0.1) is 0 Å². The van der Waals surface area contributed by atoms with Gasteiger partial charge in [0.15, 0.2) is 0 Å². The minimum absolute atomic E-state index is 0.102. The Kier molecular flexibility index (Phi) is 6.54. The van der Waals surface area contributed by atoms with Crippen molar-refractivity contribution in [2.24, 2.45) is 0 Å². The Morgan fingerprint density at radius 1 is 1.25 bits per heavy atom. The summed E-state index contributed by atoms with van der Waals surface area (Å²) >= 11 is 13.4. The molecule has 0 aliphatic carbocycles. The van der Waals surface area contributed by atoms with Crippen LogP contribution in [0.3, 0.4) is 0 Å². The van der Waals surface area contributed by atoms with Crippen LogP contribution < -0.4 is 5.32 Å². The zero-order valence-electron chi connectivity index (χ0n) is 13.9. The predicted molar refractivity (Wildman–Crippen MR) is 98.8 cm³/mol. The molecule has 1 aromatic heterocycles. The van der Waals surface area contributed by atoms with Gasteiger partial charge in [-0.2, -0.15) is 0 Å². The zero-order valence-corrected chi connectivity index (χ0v) is 16.3. The van der Waals surface area contributed by atoms with Gasteiger partial charge in [-0.05, 0) is 31.5 Å². The van der Waals surface area contributed by atoms with Crippen molar-refractivity contribution in [2.75, 3.05) is 0 Å². The maximum absolute atomic E-state index is 12.4. The molecule has 2 N–H and O–H groups in total. The molecule has 0 saturated heterocycles. The van der Waals surface area contributed by atoms with Crippen LogP contribution in [-0.2, 0) is 4.79 Å². The minimum Gasteiger partial charge on any atom is -0.349 e. The van der Waals surface area contributed by atoms with Crippen molar-refractivity contribution in [1.29, 1.82) is 0 Å². The summed E-state index contributed by atoms with van der Waals surface area (Å²) in [6.45, 7) is 7.76. The Morgan fingerprint density at radius 3 is 2.54 bits per heavy atom. The summed E-state index contributed by atoms with van der Waals surface area (Å²) in [6, 6.07) is 5.02. The molecule has 130 valence electrons. The Morgan fingerprint density at radius 2 is 1.96 bits per heavy atom. The smallest absolute Gasteiger partial charge is 0.233 e. The average Bonchev–Trinajstić information content (AvgIpc) is 2.95. The first-order valence-electron chi connectivity index (χ1n) is 7.62. The standard InChI is InChI=1S/C16H20Cl2N4OS/c1-8(2)14-20-16(22-21-14)24-10(4)15(23)19-9(3)12-6-5-11(17)7-13(12)18/h5-10H,1-4H3,(H,19,23)(H,20,21,22)/t9-,10+/m1/s1. The third-order valence-electron chi connectivity index (χ3n) is 3.47. The molecular weight excluding hydrogens is 367 g/mol. The highest BCUT2D eigenvalue weighted by Gasteiger charge is 2.20. The molecule has 1 aromatic carbocycles. The fourth-order valence-corrected chi connectivity index (χ4v) is 3.35. The number of hydrogen-bond acceptors (Lipinski definition) is 4. The summed E-state index contributed by atoms with van der Waals surface area (Å²) in [7, 11) is 0. The normalized spacial score (nSPS) is 13.8. The molecule has 2 aromatic rings. The molecule has 2 rings (SSSR count). The van der Waals surface area contributed by atoms with Crippen LogP contribution in [-0.4, -0.2) is 26.3 Å². The summed E-state index contributed by atoms with van der Waals surface area (Å²) in [5.41, 5.74) is 0.826. The molecule has 0 spiro atoms. The molecule has 5 nitrogen and oxygen atoms in total. The van der Waals surface area contributed by atoms with Crippen molar-refractivity contribution in [2.45, 2.75) is 50.1 Å². The minimum atomic E-state index is -0.325. The molecule has 8 heteroatoms. The molecule has 0 aliphatic heterocycles. The Hall–Kier alpha value is -1.24. The molecule has 1 amide bonds. The summed E-state index contributed by atoms with van der Waals surface area (Å²) in [4.78, 5) is 16.8.